The summed E-state index contributed by atoms with van der Waals surface area (Å²) in [5.74, 6) is 0. The van der Waals surface area contributed by atoms with Gasteiger partial charge in [0.05, 0.1) is 0 Å². The molecule has 0 saturated heterocycles. The van der Waals surface area contributed by atoms with Gasteiger partial charge in [0, 0.05) is 10.1 Å². The second-order valence-electron chi connectivity index (χ2n) is 4.18. The molecule has 1 aliphatic heterocycles. The number of fused-ring (bicyclic) bond motifs is 1. The van der Waals surface area contributed by atoms with Crippen LogP contribution in [0.3, 0.4) is 0 Å². The zero-order valence-corrected chi connectivity index (χ0v) is 11.3. The summed E-state index contributed by atoms with van der Waals surface area (Å²) in [6.07, 6.45) is 4.36. The number of benzene rings is 1. The maximum Gasteiger partial charge on any atom is 0.0212 e. The molecule has 0 aliphatic carbocycles. The Hall–Kier alpha value is -1.43. The first kappa shape index (κ1) is 12.0. The zero-order valence-electron chi connectivity index (χ0n) is 10.4. The second kappa shape index (κ2) is 4.44. The maximum absolute atomic E-state index is 4.15. The van der Waals surface area contributed by atoms with Gasteiger partial charge in [0.2, 0.25) is 0 Å². The monoisotopic (exact) mass is 242 g/mol. The van der Waals surface area contributed by atoms with Crippen LogP contribution in [0.5, 0.6) is 0 Å². The normalized spacial score (nSPS) is 26.9. The molecule has 0 amide bonds. The molecule has 0 fully saturated rings. The number of rotatable bonds is 0. The number of hydrogen-bond donors (Lipinski definition) is 0. The van der Waals surface area contributed by atoms with E-state index in [0.29, 0.717) is 5.25 Å². The van der Waals surface area contributed by atoms with Crippen molar-refractivity contribution in [3.63, 3.8) is 0 Å². The molecule has 0 nitrogen and oxygen atoms in total. The SMILES string of the molecule is C=C=S1(=CC)c2ccccc2C(=C)C=CC1C. The van der Waals surface area contributed by atoms with Gasteiger partial charge in [-0.15, -0.1) is 9.21 Å². The molecular weight excluding hydrogens is 224 g/mol. The fraction of sp³-hybridized carbons (Fsp3) is 0.188. The van der Waals surface area contributed by atoms with Gasteiger partial charge >= 0.3 is 0 Å². The van der Waals surface area contributed by atoms with E-state index in [9.17, 15) is 0 Å². The zero-order chi connectivity index (χ0) is 12.5. The highest BCUT2D eigenvalue weighted by Gasteiger charge is 2.19. The molecule has 1 heteroatoms. The molecule has 1 aromatic carbocycles. The third-order valence-corrected chi connectivity index (χ3v) is 7.00. The van der Waals surface area contributed by atoms with E-state index < -0.39 is 9.21 Å². The Morgan fingerprint density at radius 1 is 1.35 bits per heavy atom. The highest BCUT2D eigenvalue weighted by Crippen LogP contribution is 2.45. The number of allylic oxidation sites excluding steroid dienone is 2. The van der Waals surface area contributed by atoms with Gasteiger partial charge in [-0.1, -0.05) is 53.9 Å². The Bertz CT molecular complexity index is 631. The lowest BCUT2D eigenvalue weighted by molar-refractivity contribution is 1.24. The predicted octanol–water partition coefficient (Wildman–Crippen LogP) is 4.23. The van der Waals surface area contributed by atoms with Crippen LogP contribution in [0, 0.1) is 0 Å². The van der Waals surface area contributed by atoms with Crippen LogP contribution in [0.25, 0.3) is 5.57 Å². The number of hydrogen-bond acceptors (Lipinski definition) is 0. The Labute approximate surface area is 104 Å². The van der Waals surface area contributed by atoms with Gasteiger partial charge in [-0.2, -0.15) is 0 Å². The second-order valence-corrected chi connectivity index (χ2v) is 7.54. The van der Waals surface area contributed by atoms with Gasteiger partial charge in [0.25, 0.3) is 0 Å². The first-order chi connectivity index (χ1) is 8.15. The highest BCUT2D eigenvalue weighted by molar-refractivity contribution is 8.29. The summed E-state index contributed by atoms with van der Waals surface area (Å²) < 4.78 is 0. The van der Waals surface area contributed by atoms with Crippen LogP contribution in [-0.4, -0.2) is 15.6 Å². The molecule has 0 radical (unpaired) electrons. The summed E-state index contributed by atoms with van der Waals surface area (Å²) in [6.45, 7) is 12.5. The molecule has 88 valence electrons. The molecule has 0 spiro atoms. The predicted molar refractivity (Wildman–Crippen MR) is 82.3 cm³/mol. The van der Waals surface area contributed by atoms with E-state index in [1.54, 1.807) is 0 Å². The van der Waals surface area contributed by atoms with E-state index in [2.05, 4.69) is 73.8 Å². The third-order valence-electron chi connectivity index (χ3n) is 3.36. The van der Waals surface area contributed by atoms with Gasteiger partial charge in [-0.05, 0) is 31.1 Å². The van der Waals surface area contributed by atoms with E-state index in [1.165, 1.54) is 10.5 Å². The minimum Gasteiger partial charge on any atom is -0.135 e. The summed E-state index contributed by atoms with van der Waals surface area (Å²) in [5, 5.41) is 6.01. The molecule has 0 N–H and O–H groups in total. The van der Waals surface area contributed by atoms with Crippen molar-refractivity contribution >= 4 is 25.2 Å². The Morgan fingerprint density at radius 2 is 2.06 bits per heavy atom. The van der Waals surface area contributed by atoms with Crippen molar-refractivity contribution in [2.75, 3.05) is 0 Å². The topological polar surface area (TPSA) is 0 Å². The largest absolute Gasteiger partial charge is 0.135 e. The van der Waals surface area contributed by atoms with Gasteiger partial charge in [0.1, 0.15) is 0 Å². The average molecular weight is 242 g/mol. The molecule has 1 aliphatic rings. The lowest BCUT2D eigenvalue weighted by Crippen LogP contribution is -2.01. The standard InChI is InChI=1S/C16H18S/c1-5-17(6-2)14(4)12-11-13(3)15-9-7-8-10-16(15)17/h6-12,14H,1,3H2,2,4H3. The van der Waals surface area contributed by atoms with Gasteiger partial charge in [0.15, 0.2) is 0 Å². The van der Waals surface area contributed by atoms with Crippen molar-refractivity contribution in [2.24, 2.45) is 0 Å². The van der Waals surface area contributed by atoms with Crippen LogP contribution in [-0.2, 0) is 0 Å². The van der Waals surface area contributed by atoms with Crippen molar-refractivity contribution in [3.8, 4) is 0 Å². The summed E-state index contributed by atoms with van der Waals surface area (Å²) in [4.78, 5) is 1.33. The van der Waals surface area contributed by atoms with Gasteiger partial charge in [-0.25, -0.2) is 0 Å². The van der Waals surface area contributed by atoms with E-state index in [0.717, 1.165) is 5.57 Å². The van der Waals surface area contributed by atoms with Crippen molar-refractivity contribution in [2.45, 2.75) is 24.0 Å². The lowest BCUT2D eigenvalue weighted by Gasteiger charge is -2.21. The van der Waals surface area contributed by atoms with Crippen LogP contribution in [0.15, 0.2) is 54.5 Å². The van der Waals surface area contributed by atoms with Crippen molar-refractivity contribution in [1.82, 2.24) is 0 Å². The molecule has 17 heavy (non-hydrogen) atoms. The highest BCUT2D eigenvalue weighted by atomic mass is 32.2. The maximum atomic E-state index is 4.15. The van der Waals surface area contributed by atoms with E-state index in [4.69, 9.17) is 0 Å². The van der Waals surface area contributed by atoms with E-state index in [1.807, 2.05) is 0 Å². The smallest absolute Gasteiger partial charge is 0.0212 e. The van der Waals surface area contributed by atoms with E-state index in [-0.39, 0.29) is 0 Å². The minimum absolute atomic E-state index is 0.422. The van der Waals surface area contributed by atoms with Crippen molar-refractivity contribution < 1.29 is 0 Å². The summed E-state index contributed by atoms with van der Waals surface area (Å²) >= 11 is 0. The third kappa shape index (κ3) is 1.72. The van der Waals surface area contributed by atoms with Crippen LogP contribution in [0.1, 0.15) is 19.4 Å². The van der Waals surface area contributed by atoms with Gasteiger partial charge in [-0.3, -0.25) is 0 Å². The van der Waals surface area contributed by atoms with Crippen LogP contribution in [0.4, 0.5) is 0 Å². The lowest BCUT2D eigenvalue weighted by atomic mass is 10.1. The molecule has 2 rings (SSSR count). The van der Waals surface area contributed by atoms with Crippen molar-refractivity contribution in [3.05, 3.63) is 55.1 Å². The first-order valence-corrected chi connectivity index (χ1v) is 7.53. The fourth-order valence-corrected chi connectivity index (χ4v) is 5.19. The molecule has 2 atom stereocenters. The van der Waals surface area contributed by atoms with Crippen LogP contribution in [0.2, 0.25) is 0 Å². The summed E-state index contributed by atoms with van der Waals surface area (Å²) in [5.41, 5.74) is 2.32. The Balaban J connectivity index is 2.97. The van der Waals surface area contributed by atoms with Crippen LogP contribution < -0.4 is 0 Å². The fourth-order valence-electron chi connectivity index (χ4n) is 2.33. The molecule has 2 unspecified atom stereocenters. The molecule has 0 saturated carbocycles. The van der Waals surface area contributed by atoms with Gasteiger partial charge < -0.3 is 0 Å². The minimum atomic E-state index is -1.21. The molecule has 0 bridgehead atoms. The Morgan fingerprint density at radius 3 is 2.71 bits per heavy atom. The first-order valence-electron chi connectivity index (χ1n) is 5.77. The average Bonchev–Trinajstić information content (AvgIpc) is 2.48. The van der Waals surface area contributed by atoms with E-state index >= 15 is 0 Å². The molecule has 0 aromatic heterocycles. The van der Waals surface area contributed by atoms with Crippen LogP contribution >= 0.6 is 9.21 Å². The quantitative estimate of drug-likeness (QED) is 0.597. The summed E-state index contributed by atoms with van der Waals surface area (Å²) in [6, 6.07) is 8.49. The molecule has 1 aromatic rings. The molecule has 1 heterocycles. The summed E-state index contributed by atoms with van der Waals surface area (Å²) in [7, 11) is -1.21. The Kier molecular flexibility index (Phi) is 3.15. The molecular formula is C16H18S. The van der Waals surface area contributed by atoms with Crippen molar-refractivity contribution in [1.29, 1.82) is 0 Å².